The van der Waals surface area contributed by atoms with Gasteiger partial charge in [0.2, 0.25) is 6.29 Å². The van der Waals surface area contributed by atoms with Crippen LogP contribution in [-0.2, 0) is 27.5 Å². The van der Waals surface area contributed by atoms with Gasteiger partial charge in [0.25, 0.3) is 0 Å². The second-order valence-corrected chi connectivity index (χ2v) is 7.13. The Morgan fingerprint density at radius 1 is 1.06 bits per heavy atom. The molecule has 0 saturated carbocycles. The number of fused-ring (bicyclic) bond motifs is 1. The number of ether oxygens (including phenoxy) is 5. The van der Waals surface area contributed by atoms with E-state index in [1.165, 1.54) is 12.1 Å². The number of halogens is 1. The number of benzene rings is 3. The third kappa shape index (κ3) is 5.18. The molecule has 7 heteroatoms. The lowest BCUT2D eigenvalue weighted by atomic mass is 10.1. The number of hydrogen-bond donors (Lipinski definition) is 0. The van der Waals surface area contributed by atoms with E-state index in [4.69, 9.17) is 23.7 Å². The van der Waals surface area contributed by atoms with Gasteiger partial charge < -0.3 is 23.7 Å². The lowest BCUT2D eigenvalue weighted by molar-refractivity contribution is -0.145. The number of carbonyl (C=O) groups is 1. The summed E-state index contributed by atoms with van der Waals surface area (Å²) in [6, 6.07) is 19.3. The summed E-state index contributed by atoms with van der Waals surface area (Å²) in [5.41, 5.74) is 1.87. The fourth-order valence-corrected chi connectivity index (χ4v) is 3.37. The summed E-state index contributed by atoms with van der Waals surface area (Å²) in [6.07, 6.45) is -0.579. The van der Waals surface area contributed by atoms with Gasteiger partial charge in [0.05, 0.1) is 26.7 Å². The number of hydrogen-bond acceptors (Lipinski definition) is 6. The van der Waals surface area contributed by atoms with Gasteiger partial charge in [-0.05, 0) is 24.3 Å². The minimum atomic E-state index is -0.613. The van der Waals surface area contributed by atoms with Crippen molar-refractivity contribution in [3.05, 3.63) is 89.2 Å². The fourth-order valence-electron chi connectivity index (χ4n) is 3.37. The molecule has 0 amide bonds. The van der Waals surface area contributed by atoms with Crippen molar-refractivity contribution in [2.75, 3.05) is 13.7 Å². The average molecular weight is 438 g/mol. The standard InChI is InChI=1S/C25H23FO6/c1-28-21-9-5-6-10-22(21)29-12-11-23(27)30-15-18-13-20(26)14-19-16-31-25(32-24(18)19)17-7-3-2-4-8-17/h2-10,13-14,25H,11-12,15-16H2,1H3/t25-/m1/s1. The van der Waals surface area contributed by atoms with Crippen molar-refractivity contribution in [2.45, 2.75) is 25.9 Å². The highest BCUT2D eigenvalue weighted by Crippen LogP contribution is 2.37. The van der Waals surface area contributed by atoms with Gasteiger partial charge in [-0.1, -0.05) is 42.5 Å². The largest absolute Gasteiger partial charge is 0.493 e. The molecule has 1 heterocycles. The zero-order valence-corrected chi connectivity index (χ0v) is 17.6. The normalized spacial score (nSPS) is 14.8. The summed E-state index contributed by atoms with van der Waals surface area (Å²) in [6.45, 7) is 0.205. The predicted octanol–water partition coefficient (Wildman–Crippen LogP) is 4.95. The second kappa shape index (κ2) is 10.2. The Kier molecular flexibility index (Phi) is 6.87. The minimum Gasteiger partial charge on any atom is -0.493 e. The molecule has 32 heavy (non-hydrogen) atoms. The van der Waals surface area contributed by atoms with Crippen molar-refractivity contribution in [3.8, 4) is 17.2 Å². The van der Waals surface area contributed by atoms with E-state index in [2.05, 4.69) is 0 Å². The van der Waals surface area contributed by atoms with Crippen LogP contribution in [0.2, 0.25) is 0 Å². The topological polar surface area (TPSA) is 63.2 Å². The maximum atomic E-state index is 14.1. The van der Waals surface area contributed by atoms with Gasteiger partial charge in [0, 0.05) is 16.7 Å². The van der Waals surface area contributed by atoms with Crippen LogP contribution in [0.25, 0.3) is 0 Å². The van der Waals surface area contributed by atoms with Crippen LogP contribution in [0.15, 0.2) is 66.7 Å². The lowest BCUT2D eigenvalue weighted by Gasteiger charge is -2.28. The van der Waals surface area contributed by atoms with Gasteiger partial charge in [-0.2, -0.15) is 0 Å². The average Bonchev–Trinajstić information content (AvgIpc) is 2.83. The summed E-state index contributed by atoms with van der Waals surface area (Å²) in [4.78, 5) is 12.2. The Morgan fingerprint density at radius 3 is 2.59 bits per heavy atom. The van der Waals surface area contributed by atoms with E-state index < -0.39 is 18.1 Å². The first kappa shape index (κ1) is 21.6. The molecule has 0 N–H and O–H groups in total. The quantitative estimate of drug-likeness (QED) is 0.464. The summed E-state index contributed by atoms with van der Waals surface area (Å²) in [5.74, 6) is 0.691. The van der Waals surface area contributed by atoms with E-state index in [9.17, 15) is 9.18 Å². The van der Waals surface area contributed by atoms with Crippen molar-refractivity contribution >= 4 is 5.97 Å². The van der Waals surface area contributed by atoms with Crippen LogP contribution >= 0.6 is 0 Å². The predicted molar refractivity (Wildman–Crippen MR) is 114 cm³/mol. The zero-order chi connectivity index (χ0) is 22.3. The first-order valence-corrected chi connectivity index (χ1v) is 10.2. The van der Waals surface area contributed by atoms with Gasteiger partial charge >= 0.3 is 5.97 Å². The smallest absolute Gasteiger partial charge is 0.309 e. The van der Waals surface area contributed by atoms with Gasteiger partial charge in [-0.25, -0.2) is 4.39 Å². The van der Waals surface area contributed by atoms with E-state index in [0.717, 1.165) is 5.56 Å². The Bertz CT molecular complexity index is 1070. The third-order valence-electron chi connectivity index (χ3n) is 4.92. The number of para-hydroxylation sites is 2. The van der Waals surface area contributed by atoms with E-state index in [-0.39, 0.29) is 26.2 Å². The Morgan fingerprint density at radius 2 is 1.81 bits per heavy atom. The molecule has 3 aromatic rings. The molecular formula is C25H23FO6. The molecule has 0 aromatic heterocycles. The van der Waals surface area contributed by atoms with Crippen LogP contribution in [0.5, 0.6) is 17.2 Å². The molecule has 6 nitrogen and oxygen atoms in total. The molecule has 166 valence electrons. The molecule has 0 radical (unpaired) electrons. The third-order valence-corrected chi connectivity index (χ3v) is 4.92. The van der Waals surface area contributed by atoms with Crippen molar-refractivity contribution in [2.24, 2.45) is 0 Å². The number of carbonyl (C=O) groups excluding carboxylic acids is 1. The van der Waals surface area contributed by atoms with Crippen LogP contribution in [0.4, 0.5) is 4.39 Å². The Labute approximate surface area is 185 Å². The number of esters is 1. The minimum absolute atomic E-state index is 0.0339. The maximum absolute atomic E-state index is 14.1. The van der Waals surface area contributed by atoms with E-state index in [1.54, 1.807) is 19.2 Å². The first-order chi connectivity index (χ1) is 15.6. The van der Waals surface area contributed by atoms with Crippen LogP contribution in [0.3, 0.4) is 0 Å². The highest BCUT2D eigenvalue weighted by atomic mass is 19.1. The van der Waals surface area contributed by atoms with Crippen molar-refractivity contribution in [3.63, 3.8) is 0 Å². The fraction of sp³-hybridized carbons (Fsp3) is 0.240. The van der Waals surface area contributed by atoms with Crippen LogP contribution in [-0.4, -0.2) is 19.7 Å². The van der Waals surface area contributed by atoms with Crippen LogP contribution in [0.1, 0.15) is 29.4 Å². The molecule has 1 aliphatic rings. The molecule has 0 fully saturated rings. The van der Waals surface area contributed by atoms with Crippen molar-refractivity contribution in [1.29, 1.82) is 0 Å². The Hall–Kier alpha value is -3.58. The van der Waals surface area contributed by atoms with Gasteiger partial charge in [-0.3, -0.25) is 4.79 Å². The van der Waals surface area contributed by atoms with Crippen molar-refractivity contribution in [1.82, 2.24) is 0 Å². The molecule has 3 aromatic carbocycles. The summed E-state index contributed by atoms with van der Waals surface area (Å²) < 4.78 is 41.9. The van der Waals surface area contributed by atoms with E-state index in [0.29, 0.717) is 28.4 Å². The molecular weight excluding hydrogens is 415 g/mol. The monoisotopic (exact) mass is 438 g/mol. The van der Waals surface area contributed by atoms with Gasteiger partial charge in [0.1, 0.15) is 18.2 Å². The van der Waals surface area contributed by atoms with Crippen LogP contribution in [0, 0.1) is 5.82 Å². The maximum Gasteiger partial charge on any atom is 0.309 e. The highest BCUT2D eigenvalue weighted by Gasteiger charge is 2.25. The zero-order valence-electron chi connectivity index (χ0n) is 17.6. The molecule has 1 aliphatic heterocycles. The number of methoxy groups -OCH3 is 1. The van der Waals surface area contributed by atoms with Gasteiger partial charge in [0.15, 0.2) is 11.5 Å². The van der Waals surface area contributed by atoms with Crippen molar-refractivity contribution < 1.29 is 32.9 Å². The molecule has 1 atom stereocenters. The SMILES string of the molecule is COc1ccccc1OCCC(=O)OCc1cc(F)cc2c1O[C@H](c1ccccc1)OC2. The van der Waals surface area contributed by atoms with Gasteiger partial charge in [-0.15, -0.1) is 0 Å². The van der Waals surface area contributed by atoms with E-state index in [1.807, 2.05) is 42.5 Å². The molecule has 4 rings (SSSR count). The van der Waals surface area contributed by atoms with E-state index >= 15 is 0 Å². The molecule has 0 unspecified atom stereocenters. The lowest BCUT2D eigenvalue weighted by Crippen LogP contribution is -2.20. The van der Waals surface area contributed by atoms with Crippen LogP contribution < -0.4 is 14.2 Å². The number of rotatable bonds is 8. The second-order valence-electron chi connectivity index (χ2n) is 7.13. The molecule has 0 spiro atoms. The first-order valence-electron chi connectivity index (χ1n) is 10.2. The summed E-state index contributed by atoms with van der Waals surface area (Å²) in [5, 5.41) is 0. The summed E-state index contributed by atoms with van der Waals surface area (Å²) in [7, 11) is 1.55. The Balaban J connectivity index is 1.36. The summed E-state index contributed by atoms with van der Waals surface area (Å²) >= 11 is 0. The highest BCUT2D eigenvalue weighted by molar-refractivity contribution is 5.69. The molecule has 0 saturated heterocycles. The molecule has 0 bridgehead atoms. The molecule has 0 aliphatic carbocycles.